The predicted molar refractivity (Wildman–Crippen MR) is 65.1 cm³/mol. The third-order valence-corrected chi connectivity index (χ3v) is 2.63. The zero-order valence-corrected chi connectivity index (χ0v) is 9.82. The molecule has 0 aliphatic rings. The van der Waals surface area contributed by atoms with E-state index in [0.29, 0.717) is 0 Å². The summed E-state index contributed by atoms with van der Waals surface area (Å²) in [5, 5.41) is 8.96. The van der Waals surface area contributed by atoms with Crippen molar-refractivity contribution in [2.24, 2.45) is 0 Å². The van der Waals surface area contributed by atoms with E-state index >= 15 is 0 Å². The highest BCUT2D eigenvalue weighted by molar-refractivity contribution is 5.89. The predicted octanol–water partition coefficient (Wildman–Crippen LogP) is 2.65. The van der Waals surface area contributed by atoms with Crippen LogP contribution in [0.4, 0.5) is 0 Å². The molecule has 0 spiro atoms. The molecule has 1 heterocycles. The van der Waals surface area contributed by atoms with Crippen LogP contribution in [0, 0.1) is 6.92 Å². The van der Waals surface area contributed by atoms with Crippen molar-refractivity contribution in [1.29, 1.82) is 0 Å². The van der Waals surface area contributed by atoms with Crippen LogP contribution < -0.4 is 0 Å². The van der Waals surface area contributed by atoms with Gasteiger partial charge in [0.15, 0.2) is 0 Å². The van der Waals surface area contributed by atoms with Gasteiger partial charge >= 0.3 is 5.97 Å². The summed E-state index contributed by atoms with van der Waals surface area (Å²) in [6.07, 6.45) is 0.841. The van der Waals surface area contributed by atoms with E-state index in [1.165, 1.54) is 0 Å². The highest BCUT2D eigenvalue weighted by Gasteiger charge is 2.11. The SMILES string of the molecule is CCc1[nH]c(C)nc1-c1cccc(C(=O)O)c1. The first-order chi connectivity index (χ1) is 8.11. The Morgan fingerprint density at radius 1 is 1.47 bits per heavy atom. The van der Waals surface area contributed by atoms with Gasteiger partial charge in [0, 0.05) is 11.3 Å². The van der Waals surface area contributed by atoms with E-state index in [2.05, 4.69) is 9.97 Å². The number of rotatable bonds is 3. The molecule has 0 saturated heterocycles. The standard InChI is InChI=1S/C13H14N2O2/c1-3-11-12(15-8(2)14-11)9-5-4-6-10(7-9)13(16)17/h4-7H,3H2,1-2H3,(H,14,15)(H,16,17). The van der Waals surface area contributed by atoms with Gasteiger partial charge in [-0.05, 0) is 25.5 Å². The number of H-pyrrole nitrogens is 1. The third-order valence-electron chi connectivity index (χ3n) is 2.63. The number of imidazole rings is 1. The average molecular weight is 230 g/mol. The first-order valence-corrected chi connectivity index (χ1v) is 5.51. The van der Waals surface area contributed by atoms with Crippen molar-refractivity contribution in [1.82, 2.24) is 9.97 Å². The summed E-state index contributed by atoms with van der Waals surface area (Å²) in [6, 6.07) is 6.84. The van der Waals surface area contributed by atoms with E-state index < -0.39 is 5.97 Å². The average Bonchev–Trinajstić information content (AvgIpc) is 2.70. The number of hydrogen-bond donors (Lipinski definition) is 2. The zero-order chi connectivity index (χ0) is 12.4. The minimum Gasteiger partial charge on any atom is -0.478 e. The van der Waals surface area contributed by atoms with E-state index in [9.17, 15) is 4.79 Å². The molecule has 0 aliphatic carbocycles. The summed E-state index contributed by atoms with van der Waals surface area (Å²) in [4.78, 5) is 18.5. The number of nitrogens with zero attached hydrogens (tertiary/aromatic N) is 1. The number of carboxylic acids is 1. The minimum atomic E-state index is -0.919. The molecule has 0 fully saturated rings. The summed E-state index contributed by atoms with van der Waals surface area (Å²) >= 11 is 0. The molecule has 4 heteroatoms. The van der Waals surface area contributed by atoms with Crippen molar-refractivity contribution in [3.8, 4) is 11.3 Å². The smallest absolute Gasteiger partial charge is 0.335 e. The van der Waals surface area contributed by atoms with Gasteiger partial charge in [-0.15, -0.1) is 0 Å². The van der Waals surface area contributed by atoms with Crippen LogP contribution in [0.5, 0.6) is 0 Å². The molecular weight excluding hydrogens is 216 g/mol. The number of aromatic nitrogens is 2. The van der Waals surface area contributed by atoms with Crippen molar-refractivity contribution in [3.05, 3.63) is 41.3 Å². The van der Waals surface area contributed by atoms with Gasteiger partial charge in [0.25, 0.3) is 0 Å². The number of carbonyl (C=O) groups is 1. The van der Waals surface area contributed by atoms with Crippen LogP contribution in [0.15, 0.2) is 24.3 Å². The molecule has 2 N–H and O–H groups in total. The molecule has 0 amide bonds. The lowest BCUT2D eigenvalue weighted by Crippen LogP contribution is -1.96. The number of hydrogen-bond acceptors (Lipinski definition) is 2. The van der Waals surface area contributed by atoms with Gasteiger partial charge in [-0.3, -0.25) is 0 Å². The van der Waals surface area contributed by atoms with Crippen LogP contribution in [0.3, 0.4) is 0 Å². The van der Waals surface area contributed by atoms with Crippen LogP contribution in [0.1, 0.15) is 28.8 Å². The molecule has 4 nitrogen and oxygen atoms in total. The number of carboxylic acid groups (broad SMARTS) is 1. The molecule has 2 rings (SSSR count). The summed E-state index contributed by atoms with van der Waals surface area (Å²) in [7, 11) is 0. The van der Waals surface area contributed by atoms with Crippen molar-refractivity contribution in [3.63, 3.8) is 0 Å². The molecule has 88 valence electrons. The maximum Gasteiger partial charge on any atom is 0.335 e. The second-order valence-electron chi connectivity index (χ2n) is 3.89. The van der Waals surface area contributed by atoms with Crippen LogP contribution in [-0.2, 0) is 6.42 Å². The molecule has 0 unspecified atom stereocenters. The molecule has 0 saturated carbocycles. The van der Waals surface area contributed by atoms with Gasteiger partial charge in [0.1, 0.15) is 5.82 Å². The van der Waals surface area contributed by atoms with Crippen LogP contribution >= 0.6 is 0 Å². The van der Waals surface area contributed by atoms with Crippen LogP contribution in [0.25, 0.3) is 11.3 Å². The molecule has 2 aromatic rings. The number of benzene rings is 1. The maximum absolute atomic E-state index is 10.9. The van der Waals surface area contributed by atoms with Gasteiger partial charge in [-0.2, -0.15) is 0 Å². The summed E-state index contributed by atoms with van der Waals surface area (Å²) in [5.41, 5.74) is 2.99. The third kappa shape index (κ3) is 2.20. The van der Waals surface area contributed by atoms with E-state index in [1.54, 1.807) is 18.2 Å². The lowest BCUT2D eigenvalue weighted by Gasteiger charge is -2.01. The summed E-state index contributed by atoms with van der Waals surface area (Å²) in [6.45, 7) is 3.93. The zero-order valence-electron chi connectivity index (χ0n) is 9.82. The quantitative estimate of drug-likeness (QED) is 0.851. The fourth-order valence-corrected chi connectivity index (χ4v) is 1.83. The molecule has 0 bridgehead atoms. The van der Waals surface area contributed by atoms with E-state index in [0.717, 1.165) is 29.2 Å². The fraction of sp³-hybridized carbons (Fsp3) is 0.231. The summed E-state index contributed by atoms with van der Waals surface area (Å²) in [5.74, 6) is -0.0743. The normalized spacial score (nSPS) is 10.5. The Bertz CT molecular complexity index is 558. The monoisotopic (exact) mass is 230 g/mol. The van der Waals surface area contributed by atoms with Crippen molar-refractivity contribution in [2.45, 2.75) is 20.3 Å². The van der Waals surface area contributed by atoms with Gasteiger partial charge in [0.2, 0.25) is 0 Å². The molecule has 17 heavy (non-hydrogen) atoms. The first-order valence-electron chi connectivity index (χ1n) is 5.51. The second kappa shape index (κ2) is 4.41. The molecular formula is C13H14N2O2. The fourth-order valence-electron chi connectivity index (χ4n) is 1.83. The Hall–Kier alpha value is -2.10. The largest absolute Gasteiger partial charge is 0.478 e. The highest BCUT2D eigenvalue weighted by atomic mass is 16.4. The molecule has 0 aliphatic heterocycles. The Morgan fingerprint density at radius 3 is 2.88 bits per heavy atom. The molecule has 1 aromatic heterocycles. The second-order valence-corrected chi connectivity index (χ2v) is 3.89. The Labute approximate surface area is 99.3 Å². The number of aryl methyl sites for hydroxylation is 2. The number of aromatic carboxylic acids is 1. The van der Waals surface area contributed by atoms with Gasteiger partial charge in [-0.1, -0.05) is 19.1 Å². The topological polar surface area (TPSA) is 66.0 Å². The Kier molecular flexibility index (Phi) is 2.95. The van der Waals surface area contributed by atoms with Crippen LogP contribution in [-0.4, -0.2) is 21.0 Å². The molecule has 1 aromatic carbocycles. The molecule has 0 atom stereocenters. The van der Waals surface area contributed by atoms with E-state index in [4.69, 9.17) is 5.11 Å². The number of nitrogens with one attached hydrogen (secondary N) is 1. The van der Waals surface area contributed by atoms with Gasteiger partial charge in [-0.25, -0.2) is 9.78 Å². The molecule has 0 radical (unpaired) electrons. The lowest BCUT2D eigenvalue weighted by atomic mass is 10.1. The van der Waals surface area contributed by atoms with E-state index in [1.807, 2.05) is 19.9 Å². The van der Waals surface area contributed by atoms with Gasteiger partial charge in [0.05, 0.1) is 11.3 Å². The van der Waals surface area contributed by atoms with Crippen molar-refractivity contribution < 1.29 is 9.90 Å². The number of aromatic amines is 1. The highest BCUT2D eigenvalue weighted by Crippen LogP contribution is 2.23. The Balaban J connectivity index is 2.52. The van der Waals surface area contributed by atoms with Gasteiger partial charge < -0.3 is 10.1 Å². The van der Waals surface area contributed by atoms with E-state index in [-0.39, 0.29) is 5.56 Å². The lowest BCUT2D eigenvalue weighted by molar-refractivity contribution is 0.0697. The minimum absolute atomic E-state index is 0.283. The maximum atomic E-state index is 10.9. The first kappa shape index (κ1) is 11.4. The Morgan fingerprint density at radius 2 is 2.24 bits per heavy atom. The van der Waals surface area contributed by atoms with Crippen molar-refractivity contribution >= 4 is 5.97 Å². The summed E-state index contributed by atoms with van der Waals surface area (Å²) < 4.78 is 0. The van der Waals surface area contributed by atoms with Crippen LogP contribution in [0.2, 0.25) is 0 Å². The van der Waals surface area contributed by atoms with Crippen molar-refractivity contribution in [2.75, 3.05) is 0 Å².